The molecule has 104 valence electrons. The van der Waals surface area contributed by atoms with Crippen LogP contribution in [-0.4, -0.2) is 21.9 Å². The smallest absolute Gasteiger partial charge is 0.232 e. The molecule has 0 aliphatic heterocycles. The highest BCUT2D eigenvalue weighted by molar-refractivity contribution is 7.84. The van der Waals surface area contributed by atoms with Crippen LogP contribution < -0.4 is 5.32 Å². The Bertz CT molecular complexity index is 450. The Labute approximate surface area is 117 Å². The summed E-state index contributed by atoms with van der Waals surface area (Å²) < 4.78 is 11.9. The number of aryl methyl sites for hydroxylation is 1. The molecule has 1 aliphatic carbocycles. The Kier molecular flexibility index (Phi) is 5.14. The van der Waals surface area contributed by atoms with Gasteiger partial charge in [-0.25, -0.2) is 0 Å². The minimum atomic E-state index is -1.12. The topological polar surface area (TPSA) is 46.2 Å². The van der Waals surface area contributed by atoms with Gasteiger partial charge < -0.3 is 5.32 Å². The summed E-state index contributed by atoms with van der Waals surface area (Å²) in [5.74, 6) is 0.500. The molecular weight excluding hydrogens is 258 g/mol. The number of hydrogen-bond acceptors (Lipinski definition) is 2. The molecule has 0 heterocycles. The van der Waals surface area contributed by atoms with Gasteiger partial charge in [0.15, 0.2) is 0 Å². The van der Waals surface area contributed by atoms with Gasteiger partial charge in [-0.3, -0.25) is 9.00 Å². The van der Waals surface area contributed by atoms with Crippen molar-refractivity contribution in [3.8, 4) is 0 Å². The lowest BCUT2D eigenvalue weighted by atomic mass is 10.2. The Hall–Kier alpha value is -1.16. The molecule has 0 saturated heterocycles. The zero-order valence-electron chi connectivity index (χ0n) is 11.4. The number of carbonyl (C=O) groups excluding carboxylic acids is 1. The summed E-state index contributed by atoms with van der Waals surface area (Å²) in [6, 6.07) is 8.27. The van der Waals surface area contributed by atoms with Gasteiger partial charge in [0.25, 0.3) is 0 Å². The van der Waals surface area contributed by atoms with E-state index in [0.717, 1.165) is 18.4 Å². The van der Waals surface area contributed by atoms with E-state index in [1.54, 1.807) is 0 Å². The normalized spacial score (nSPS) is 17.3. The van der Waals surface area contributed by atoms with Gasteiger partial charge in [-0.15, -0.1) is 0 Å². The number of carbonyl (C=O) groups is 1. The van der Waals surface area contributed by atoms with Crippen LogP contribution in [0.4, 0.5) is 0 Å². The van der Waals surface area contributed by atoms with E-state index in [0.29, 0.717) is 11.8 Å². The standard InChI is InChI=1S/C15H21NO2S/c1-12-6-8-13(9-7-12)10-19(18)11-15(17)16-14-4-2-3-5-14/h6-9,14H,2-5,10-11H2,1H3,(H,16,17)/t19-/m0/s1. The van der Waals surface area contributed by atoms with Crippen molar-refractivity contribution >= 4 is 16.7 Å². The minimum Gasteiger partial charge on any atom is -0.353 e. The van der Waals surface area contributed by atoms with Crippen LogP contribution in [-0.2, 0) is 21.3 Å². The van der Waals surface area contributed by atoms with Gasteiger partial charge >= 0.3 is 0 Å². The predicted octanol–water partition coefficient (Wildman–Crippen LogP) is 2.30. The van der Waals surface area contributed by atoms with E-state index < -0.39 is 10.8 Å². The fourth-order valence-corrected chi connectivity index (χ4v) is 3.45. The fourth-order valence-electron chi connectivity index (χ4n) is 2.41. The maximum Gasteiger partial charge on any atom is 0.232 e. The second kappa shape index (κ2) is 6.85. The van der Waals surface area contributed by atoms with E-state index in [9.17, 15) is 9.00 Å². The molecule has 1 fully saturated rings. The van der Waals surface area contributed by atoms with E-state index >= 15 is 0 Å². The maximum atomic E-state index is 11.9. The van der Waals surface area contributed by atoms with Crippen LogP contribution in [0.25, 0.3) is 0 Å². The van der Waals surface area contributed by atoms with Gasteiger partial charge in [-0.05, 0) is 25.3 Å². The van der Waals surface area contributed by atoms with Crippen LogP contribution in [0.15, 0.2) is 24.3 Å². The van der Waals surface area contributed by atoms with E-state index in [1.165, 1.54) is 18.4 Å². The summed E-state index contributed by atoms with van der Waals surface area (Å²) in [6.07, 6.45) is 4.52. The fraction of sp³-hybridized carbons (Fsp3) is 0.533. The first-order chi connectivity index (χ1) is 9.13. The van der Waals surface area contributed by atoms with Crippen LogP contribution in [0.3, 0.4) is 0 Å². The first-order valence-electron chi connectivity index (χ1n) is 6.83. The lowest BCUT2D eigenvalue weighted by Gasteiger charge is -2.11. The maximum absolute atomic E-state index is 11.9. The average Bonchev–Trinajstić information content (AvgIpc) is 2.84. The molecule has 0 aromatic heterocycles. The molecule has 1 N–H and O–H groups in total. The van der Waals surface area contributed by atoms with E-state index in [1.807, 2.05) is 31.2 Å². The third kappa shape index (κ3) is 4.78. The van der Waals surface area contributed by atoms with Crippen LogP contribution in [0, 0.1) is 6.92 Å². The van der Waals surface area contributed by atoms with Gasteiger partial charge in [0.2, 0.25) is 5.91 Å². The number of amides is 1. The SMILES string of the molecule is Cc1ccc(C[S@](=O)CC(=O)NC2CCCC2)cc1. The van der Waals surface area contributed by atoms with Crippen molar-refractivity contribution in [2.45, 2.75) is 44.4 Å². The molecule has 2 rings (SSSR count). The Morgan fingerprint density at radius 1 is 1.26 bits per heavy atom. The molecule has 0 unspecified atom stereocenters. The zero-order valence-corrected chi connectivity index (χ0v) is 12.2. The van der Waals surface area contributed by atoms with Crippen molar-refractivity contribution in [2.24, 2.45) is 0 Å². The summed E-state index contributed by atoms with van der Waals surface area (Å²) in [5.41, 5.74) is 2.21. The molecule has 3 nitrogen and oxygen atoms in total. The van der Waals surface area contributed by atoms with Crippen molar-refractivity contribution in [1.29, 1.82) is 0 Å². The molecule has 1 aromatic carbocycles. The second-order valence-electron chi connectivity index (χ2n) is 5.26. The quantitative estimate of drug-likeness (QED) is 0.899. The lowest BCUT2D eigenvalue weighted by Crippen LogP contribution is -2.35. The molecule has 1 atom stereocenters. The summed E-state index contributed by atoms with van der Waals surface area (Å²) >= 11 is 0. The van der Waals surface area contributed by atoms with Crippen LogP contribution in [0.5, 0.6) is 0 Å². The van der Waals surface area contributed by atoms with Crippen LogP contribution in [0.1, 0.15) is 36.8 Å². The van der Waals surface area contributed by atoms with E-state index in [2.05, 4.69) is 5.32 Å². The van der Waals surface area contributed by atoms with Gasteiger partial charge in [-0.2, -0.15) is 0 Å². The monoisotopic (exact) mass is 279 g/mol. The Balaban J connectivity index is 1.77. The molecule has 4 heteroatoms. The number of benzene rings is 1. The zero-order chi connectivity index (χ0) is 13.7. The summed E-state index contributed by atoms with van der Waals surface area (Å²) in [5, 5.41) is 2.97. The Morgan fingerprint density at radius 3 is 2.53 bits per heavy atom. The van der Waals surface area contributed by atoms with Gasteiger partial charge in [-0.1, -0.05) is 42.7 Å². The summed E-state index contributed by atoms with van der Waals surface area (Å²) in [6.45, 7) is 2.02. The molecule has 0 bridgehead atoms. The van der Waals surface area contributed by atoms with Crippen molar-refractivity contribution < 1.29 is 9.00 Å². The largest absolute Gasteiger partial charge is 0.353 e. The summed E-state index contributed by atoms with van der Waals surface area (Å²) in [4.78, 5) is 11.7. The van der Waals surface area contributed by atoms with Crippen molar-refractivity contribution in [3.63, 3.8) is 0 Å². The highest BCUT2D eigenvalue weighted by Gasteiger charge is 2.18. The summed E-state index contributed by atoms with van der Waals surface area (Å²) in [7, 11) is -1.12. The van der Waals surface area contributed by atoms with Crippen molar-refractivity contribution in [2.75, 3.05) is 5.75 Å². The third-order valence-electron chi connectivity index (χ3n) is 3.46. The molecule has 1 amide bonds. The first-order valence-corrected chi connectivity index (χ1v) is 8.32. The number of hydrogen-bond donors (Lipinski definition) is 1. The van der Waals surface area contributed by atoms with Crippen molar-refractivity contribution in [3.05, 3.63) is 35.4 Å². The Morgan fingerprint density at radius 2 is 1.89 bits per heavy atom. The molecule has 1 aliphatic rings. The van der Waals surface area contributed by atoms with E-state index in [4.69, 9.17) is 0 Å². The predicted molar refractivity (Wildman–Crippen MR) is 78.3 cm³/mol. The molecule has 1 saturated carbocycles. The minimum absolute atomic E-state index is 0.0719. The van der Waals surface area contributed by atoms with Gasteiger partial charge in [0.1, 0.15) is 5.75 Å². The van der Waals surface area contributed by atoms with Crippen LogP contribution >= 0.6 is 0 Å². The molecule has 0 radical (unpaired) electrons. The molecule has 0 spiro atoms. The van der Waals surface area contributed by atoms with Crippen molar-refractivity contribution in [1.82, 2.24) is 5.32 Å². The van der Waals surface area contributed by atoms with Gasteiger partial charge in [0, 0.05) is 22.6 Å². The first kappa shape index (κ1) is 14.3. The van der Waals surface area contributed by atoms with E-state index in [-0.39, 0.29) is 11.7 Å². The molecule has 19 heavy (non-hydrogen) atoms. The number of rotatable bonds is 5. The average molecular weight is 279 g/mol. The molecular formula is C15H21NO2S. The highest BCUT2D eigenvalue weighted by atomic mass is 32.2. The lowest BCUT2D eigenvalue weighted by molar-refractivity contribution is -0.119. The second-order valence-corrected chi connectivity index (χ2v) is 6.72. The highest BCUT2D eigenvalue weighted by Crippen LogP contribution is 2.17. The molecule has 1 aromatic rings. The third-order valence-corrected chi connectivity index (χ3v) is 4.70. The number of nitrogens with one attached hydrogen (secondary N) is 1. The van der Waals surface area contributed by atoms with Gasteiger partial charge in [0.05, 0.1) is 0 Å². The van der Waals surface area contributed by atoms with Crippen LogP contribution in [0.2, 0.25) is 0 Å².